The van der Waals surface area contributed by atoms with Crippen LogP contribution >= 0.6 is 0 Å². The fourth-order valence-electron chi connectivity index (χ4n) is 3.98. The molecule has 1 aromatic carbocycles. The monoisotopic (exact) mass is 509 g/mol. The van der Waals surface area contributed by atoms with E-state index >= 15 is 0 Å². The maximum atomic E-state index is 13.5. The molecule has 190 valence electrons. The molecule has 4 rings (SSSR count). The Hall–Kier alpha value is -3.70. The van der Waals surface area contributed by atoms with E-state index in [1.54, 1.807) is 12.1 Å². The molecule has 2 aromatic heterocycles. The van der Waals surface area contributed by atoms with Crippen molar-refractivity contribution >= 4 is 11.7 Å². The Morgan fingerprint density at radius 2 is 1.72 bits per heavy atom. The van der Waals surface area contributed by atoms with Gasteiger partial charge in [-0.1, -0.05) is 18.2 Å². The zero-order valence-electron chi connectivity index (χ0n) is 18.8. The summed E-state index contributed by atoms with van der Waals surface area (Å²) >= 11 is 0. The minimum atomic E-state index is -4.79. The third kappa shape index (κ3) is 5.92. The second kappa shape index (κ2) is 10.1. The number of anilines is 1. The molecule has 3 aromatic rings. The van der Waals surface area contributed by atoms with Gasteiger partial charge in [-0.25, -0.2) is 9.97 Å². The number of rotatable bonds is 6. The van der Waals surface area contributed by atoms with Gasteiger partial charge < -0.3 is 10.2 Å². The van der Waals surface area contributed by atoms with E-state index in [9.17, 15) is 31.1 Å². The van der Waals surface area contributed by atoms with Crippen molar-refractivity contribution in [3.63, 3.8) is 0 Å². The molecule has 1 N–H and O–H groups in total. The third-order valence-electron chi connectivity index (χ3n) is 5.74. The lowest BCUT2D eigenvalue weighted by Gasteiger charge is -2.26. The number of alkyl halides is 6. The van der Waals surface area contributed by atoms with Crippen molar-refractivity contribution in [2.24, 2.45) is 0 Å². The Kier molecular flexibility index (Phi) is 7.14. The summed E-state index contributed by atoms with van der Waals surface area (Å²) < 4.78 is 78.7. The highest BCUT2D eigenvalue weighted by molar-refractivity contribution is 5.85. The Labute approximate surface area is 202 Å². The quantitative estimate of drug-likeness (QED) is 0.479. The molecule has 1 fully saturated rings. The molecule has 12 heteroatoms. The Bertz CT molecular complexity index is 1200. The van der Waals surface area contributed by atoms with Crippen molar-refractivity contribution in [2.45, 2.75) is 37.7 Å². The van der Waals surface area contributed by atoms with Gasteiger partial charge in [-0.05, 0) is 49.1 Å². The number of halogens is 6. The molecule has 1 atom stereocenters. The number of nitrogens with zero attached hydrogens (tertiary/aromatic N) is 4. The average Bonchev–Trinajstić information content (AvgIpc) is 3.34. The number of benzene rings is 1. The molecular weight excluding hydrogens is 488 g/mol. The maximum absolute atomic E-state index is 13.5. The highest BCUT2D eigenvalue weighted by atomic mass is 19.4. The summed E-state index contributed by atoms with van der Waals surface area (Å²) in [4.78, 5) is 25.8. The number of carbonyl (C=O) groups is 1. The number of pyridine rings is 1. The molecule has 0 saturated carbocycles. The number of hydrogen-bond donors (Lipinski definition) is 1. The summed E-state index contributed by atoms with van der Waals surface area (Å²) in [6.07, 6.45) is -6.50. The van der Waals surface area contributed by atoms with Gasteiger partial charge in [-0.2, -0.15) is 26.3 Å². The highest BCUT2D eigenvalue weighted by Gasteiger charge is 2.38. The van der Waals surface area contributed by atoms with Gasteiger partial charge in [0.15, 0.2) is 0 Å². The lowest BCUT2D eigenvalue weighted by molar-refractivity contribution is -0.144. The molecule has 6 nitrogen and oxygen atoms in total. The largest absolute Gasteiger partial charge is 0.451 e. The topological polar surface area (TPSA) is 71.0 Å². The molecule has 0 bridgehead atoms. The second-order valence-corrected chi connectivity index (χ2v) is 8.23. The average molecular weight is 509 g/mol. The SMILES string of the molecule is O=C(NCCc1ccc(C(F)(F)F)cc1)[C@@H]1CCCN1c1cc(-c2ccccn2)nc(C(F)(F)F)n1. The van der Waals surface area contributed by atoms with Crippen LogP contribution in [-0.4, -0.2) is 40.0 Å². The fraction of sp³-hybridized carbons (Fsp3) is 0.333. The van der Waals surface area contributed by atoms with Crippen molar-refractivity contribution in [3.05, 3.63) is 71.7 Å². The molecule has 1 saturated heterocycles. The van der Waals surface area contributed by atoms with Gasteiger partial charge in [0.05, 0.1) is 17.0 Å². The van der Waals surface area contributed by atoms with Crippen LogP contribution in [0.4, 0.5) is 32.2 Å². The van der Waals surface area contributed by atoms with E-state index in [4.69, 9.17) is 0 Å². The van der Waals surface area contributed by atoms with E-state index in [1.165, 1.54) is 35.4 Å². The highest BCUT2D eigenvalue weighted by Crippen LogP contribution is 2.33. The van der Waals surface area contributed by atoms with Crippen molar-refractivity contribution in [3.8, 4) is 11.4 Å². The molecule has 36 heavy (non-hydrogen) atoms. The normalized spacial score (nSPS) is 16.3. The smallest absolute Gasteiger partial charge is 0.354 e. The summed E-state index contributed by atoms with van der Waals surface area (Å²) in [5, 5.41) is 2.73. The maximum Gasteiger partial charge on any atom is 0.451 e. The van der Waals surface area contributed by atoms with E-state index < -0.39 is 35.7 Å². The van der Waals surface area contributed by atoms with E-state index in [-0.39, 0.29) is 23.8 Å². The molecule has 0 spiro atoms. The van der Waals surface area contributed by atoms with Crippen LogP contribution in [0.15, 0.2) is 54.7 Å². The first-order chi connectivity index (χ1) is 17.0. The van der Waals surface area contributed by atoms with Crippen LogP contribution in [0.5, 0.6) is 0 Å². The summed E-state index contributed by atoms with van der Waals surface area (Å²) in [5.74, 6) is -1.75. The predicted molar refractivity (Wildman–Crippen MR) is 119 cm³/mol. The number of hydrogen-bond acceptors (Lipinski definition) is 5. The Balaban J connectivity index is 1.48. The van der Waals surface area contributed by atoms with Crippen LogP contribution in [0.2, 0.25) is 0 Å². The predicted octanol–water partition coefficient (Wildman–Crippen LogP) is 4.90. The Morgan fingerprint density at radius 1 is 0.972 bits per heavy atom. The van der Waals surface area contributed by atoms with Crippen LogP contribution < -0.4 is 10.2 Å². The Morgan fingerprint density at radius 3 is 2.36 bits per heavy atom. The van der Waals surface area contributed by atoms with E-state index in [1.807, 2.05) is 0 Å². The van der Waals surface area contributed by atoms with Crippen LogP contribution in [0, 0.1) is 0 Å². The summed E-state index contributed by atoms with van der Waals surface area (Å²) in [6, 6.07) is 10.1. The van der Waals surface area contributed by atoms with E-state index in [0.717, 1.165) is 12.1 Å². The van der Waals surface area contributed by atoms with Crippen LogP contribution in [0.3, 0.4) is 0 Å². The number of aromatic nitrogens is 3. The summed E-state index contributed by atoms with van der Waals surface area (Å²) in [5.41, 5.74) is 0.0758. The summed E-state index contributed by atoms with van der Waals surface area (Å²) in [6.45, 7) is 0.484. The minimum Gasteiger partial charge on any atom is -0.354 e. The van der Waals surface area contributed by atoms with Gasteiger partial charge in [0, 0.05) is 25.4 Å². The zero-order chi connectivity index (χ0) is 25.9. The van der Waals surface area contributed by atoms with Crippen molar-refractivity contribution in [2.75, 3.05) is 18.0 Å². The van der Waals surface area contributed by atoms with Gasteiger partial charge in [-0.3, -0.25) is 9.78 Å². The first kappa shape index (κ1) is 25.4. The van der Waals surface area contributed by atoms with Crippen LogP contribution in [-0.2, 0) is 23.6 Å². The molecule has 1 aliphatic heterocycles. The molecule has 0 radical (unpaired) electrons. The number of amides is 1. The molecule has 0 unspecified atom stereocenters. The zero-order valence-corrected chi connectivity index (χ0v) is 18.8. The van der Waals surface area contributed by atoms with Gasteiger partial charge in [0.1, 0.15) is 11.9 Å². The van der Waals surface area contributed by atoms with Crippen molar-refractivity contribution in [1.29, 1.82) is 0 Å². The molecule has 3 heterocycles. The number of carbonyl (C=O) groups excluding carboxylic acids is 1. The van der Waals surface area contributed by atoms with Crippen molar-refractivity contribution in [1.82, 2.24) is 20.3 Å². The first-order valence-corrected chi connectivity index (χ1v) is 11.1. The third-order valence-corrected chi connectivity index (χ3v) is 5.74. The van der Waals surface area contributed by atoms with E-state index in [2.05, 4.69) is 20.3 Å². The molecule has 0 aliphatic carbocycles. The lowest BCUT2D eigenvalue weighted by Crippen LogP contribution is -2.44. The number of nitrogens with one attached hydrogen (secondary N) is 1. The fourth-order valence-corrected chi connectivity index (χ4v) is 3.98. The standard InChI is InChI=1S/C24H21F6N5O/c25-23(26,27)16-8-6-15(7-9-16)10-12-32-21(36)19-5-3-13-35(19)20-14-18(17-4-1-2-11-31-17)33-22(34-20)24(28,29)30/h1-2,4,6-9,11,14,19H,3,5,10,12-13H2,(H,32,36)/t19-/m0/s1. The summed E-state index contributed by atoms with van der Waals surface area (Å²) in [7, 11) is 0. The minimum absolute atomic E-state index is 0.0127. The van der Waals surface area contributed by atoms with Gasteiger partial charge >= 0.3 is 12.4 Å². The van der Waals surface area contributed by atoms with Gasteiger partial charge in [-0.15, -0.1) is 0 Å². The van der Waals surface area contributed by atoms with Crippen molar-refractivity contribution < 1.29 is 31.1 Å². The molecule has 1 amide bonds. The van der Waals surface area contributed by atoms with Crippen LogP contribution in [0.1, 0.15) is 29.8 Å². The van der Waals surface area contributed by atoms with Gasteiger partial charge in [0.25, 0.3) is 0 Å². The van der Waals surface area contributed by atoms with E-state index in [0.29, 0.717) is 31.4 Å². The van der Waals surface area contributed by atoms with Gasteiger partial charge in [0.2, 0.25) is 11.7 Å². The lowest BCUT2D eigenvalue weighted by atomic mass is 10.1. The molecule has 1 aliphatic rings. The second-order valence-electron chi connectivity index (χ2n) is 8.23. The molecular formula is C24H21F6N5O. The van der Waals surface area contributed by atoms with Crippen LogP contribution in [0.25, 0.3) is 11.4 Å². The first-order valence-electron chi connectivity index (χ1n) is 11.1.